The number of aliphatic hydroxyl groups excluding tert-OH is 1. The Balaban J connectivity index is 1.57. The number of hydrogen-bond donors (Lipinski definition) is 1. The lowest BCUT2D eigenvalue weighted by Gasteiger charge is -2.20. The van der Waals surface area contributed by atoms with Crippen LogP contribution < -0.4 is 0 Å². The molecule has 6 nitrogen and oxygen atoms in total. The third-order valence-corrected chi connectivity index (χ3v) is 6.18. The Morgan fingerprint density at radius 2 is 1.68 bits per heavy atom. The molecule has 0 unspecified atom stereocenters. The molecule has 2 heterocycles. The first kappa shape index (κ1) is 15.9. The van der Waals surface area contributed by atoms with Gasteiger partial charge in [-0.3, -0.25) is 4.79 Å². The van der Waals surface area contributed by atoms with Crippen molar-refractivity contribution in [3.05, 3.63) is 66.4 Å². The highest BCUT2D eigenvalue weighted by molar-refractivity contribution is 7.90. The third kappa shape index (κ3) is 2.52. The van der Waals surface area contributed by atoms with E-state index in [9.17, 15) is 18.3 Å². The van der Waals surface area contributed by atoms with Crippen molar-refractivity contribution in [3.63, 3.8) is 0 Å². The largest absolute Gasteiger partial charge is 0.389 e. The first-order chi connectivity index (χ1) is 12.0. The van der Waals surface area contributed by atoms with Crippen molar-refractivity contribution in [2.45, 2.75) is 17.5 Å². The SMILES string of the molecule is O=C1c2ccccc2S(=O)(=O)N1C[C@H](O)Cn1ccc2ccccc21. The summed E-state index contributed by atoms with van der Waals surface area (Å²) >= 11 is 0. The summed E-state index contributed by atoms with van der Waals surface area (Å²) in [5.74, 6) is -0.591. The van der Waals surface area contributed by atoms with Crippen LogP contribution in [0.15, 0.2) is 65.7 Å². The van der Waals surface area contributed by atoms with Gasteiger partial charge in [0.25, 0.3) is 15.9 Å². The van der Waals surface area contributed by atoms with E-state index in [-0.39, 0.29) is 23.5 Å². The first-order valence-corrected chi connectivity index (χ1v) is 9.30. The topological polar surface area (TPSA) is 79.6 Å². The molecule has 1 aromatic heterocycles. The van der Waals surface area contributed by atoms with Crippen LogP contribution in [0.4, 0.5) is 0 Å². The quantitative estimate of drug-likeness (QED) is 0.774. The Labute approximate surface area is 145 Å². The number of carbonyl (C=O) groups is 1. The molecule has 128 valence electrons. The molecule has 1 atom stereocenters. The number of sulfonamides is 1. The summed E-state index contributed by atoms with van der Waals surface area (Å²) in [6.07, 6.45) is 0.826. The van der Waals surface area contributed by atoms with Crippen molar-refractivity contribution in [3.8, 4) is 0 Å². The maximum Gasteiger partial charge on any atom is 0.269 e. The minimum absolute atomic E-state index is 0.00128. The van der Waals surface area contributed by atoms with E-state index >= 15 is 0 Å². The summed E-state index contributed by atoms with van der Waals surface area (Å²) in [5, 5.41) is 11.4. The molecule has 25 heavy (non-hydrogen) atoms. The van der Waals surface area contributed by atoms with E-state index in [0.717, 1.165) is 15.2 Å². The summed E-state index contributed by atoms with van der Waals surface area (Å²) in [5.41, 5.74) is 1.10. The molecular formula is C18H16N2O4S. The van der Waals surface area contributed by atoms with Gasteiger partial charge in [-0.1, -0.05) is 30.3 Å². The number of nitrogens with zero attached hydrogens (tertiary/aromatic N) is 2. The van der Waals surface area contributed by atoms with Crippen LogP contribution in [0, 0.1) is 0 Å². The van der Waals surface area contributed by atoms with E-state index in [1.54, 1.807) is 12.1 Å². The van der Waals surface area contributed by atoms with Crippen molar-refractivity contribution in [1.29, 1.82) is 0 Å². The summed E-state index contributed by atoms with van der Waals surface area (Å²) in [7, 11) is -3.90. The van der Waals surface area contributed by atoms with Gasteiger partial charge < -0.3 is 9.67 Å². The Hall–Kier alpha value is -2.64. The normalized spacial score (nSPS) is 17.0. The predicted octanol–water partition coefficient (Wildman–Crippen LogP) is 1.85. The molecule has 0 fully saturated rings. The molecule has 0 aliphatic carbocycles. The van der Waals surface area contributed by atoms with Crippen molar-refractivity contribution in [2.24, 2.45) is 0 Å². The fraction of sp³-hybridized carbons (Fsp3) is 0.167. The zero-order valence-corrected chi connectivity index (χ0v) is 14.1. The predicted molar refractivity (Wildman–Crippen MR) is 92.6 cm³/mol. The van der Waals surface area contributed by atoms with Crippen molar-refractivity contribution < 1.29 is 18.3 Å². The molecule has 3 aromatic rings. The zero-order chi connectivity index (χ0) is 17.6. The maximum absolute atomic E-state index is 12.5. The summed E-state index contributed by atoms with van der Waals surface area (Å²) in [4.78, 5) is 12.4. The standard InChI is InChI=1S/C18H16N2O4S/c21-14(11-19-10-9-13-5-1-3-7-16(13)19)12-20-18(22)15-6-2-4-8-17(15)25(20,23)24/h1-10,14,21H,11-12H2/t14-/m1/s1. The zero-order valence-electron chi connectivity index (χ0n) is 13.2. The Bertz CT molecular complexity index is 1070. The molecule has 1 amide bonds. The van der Waals surface area contributed by atoms with Crippen LogP contribution in [0.3, 0.4) is 0 Å². The van der Waals surface area contributed by atoms with Gasteiger partial charge in [0.05, 0.1) is 24.8 Å². The van der Waals surface area contributed by atoms with E-state index in [4.69, 9.17) is 0 Å². The number of β-amino-alcohol motifs (C(OH)–C–C–N with tert-alkyl or cyclic N) is 1. The van der Waals surface area contributed by atoms with Crippen LogP contribution in [-0.2, 0) is 16.6 Å². The van der Waals surface area contributed by atoms with Crippen LogP contribution in [0.1, 0.15) is 10.4 Å². The van der Waals surface area contributed by atoms with Crippen LogP contribution in [0.5, 0.6) is 0 Å². The number of rotatable bonds is 4. The lowest BCUT2D eigenvalue weighted by molar-refractivity contribution is 0.0773. The van der Waals surface area contributed by atoms with Crippen LogP contribution in [-0.4, -0.2) is 41.0 Å². The number of para-hydroxylation sites is 1. The summed E-state index contributed by atoms with van der Waals surface area (Å²) in [6, 6.07) is 15.7. The Morgan fingerprint density at radius 3 is 2.48 bits per heavy atom. The summed E-state index contributed by atoms with van der Waals surface area (Å²) in [6.45, 7) is -0.0779. The average molecular weight is 356 g/mol. The molecule has 0 bridgehead atoms. The summed E-state index contributed by atoms with van der Waals surface area (Å²) < 4.78 is 27.7. The highest BCUT2D eigenvalue weighted by Crippen LogP contribution is 2.30. The fourth-order valence-electron chi connectivity index (χ4n) is 3.19. The highest BCUT2D eigenvalue weighted by Gasteiger charge is 2.41. The molecule has 0 saturated carbocycles. The van der Waals surface area contributed by atoms with Gasteiger partial charge in [-0.05, 0) is 29.7 Å². The van der Waals surface area contributed by atoms with E-state index in [1.807, 2.05) is 41.1 Å². The smallest absolute Gasteiger partial charge is 0.269 e. The first-order valence-electron chi connectivity index (χ1n) is 7.86. The number of aromatic nitrogens is 1. The lowest BCUT2D eigenvalue weighted by atomic mass is 10.2. The number of benzene rings is 2. The second kappa shape index (κ2) is 5.72. The van der Waals surface area contributed by atoms with E-state index in [2.05, 4.69) is 0 Å². The monoisotopic (exact) mass is 356 g/mol. The fourth-order valence-corrected chi connectivity index (χ4v) is 4.79. The van der Waals surface area contributed by atoms with Gasteiger partial charge in [-0.15, -0.1) is 0 Å². The van der Waals surface area contributed by atoms with E-state index < -0.39 is 22.0 Å². The van der Waals surface area contributed by atoms with Crippen LogP contribution in [0.2, 0.25) is 0 Å². The molecule has 0 saturated heterocycles. The number of fused-ring (bicyclic) bond motifs is 2. The van der Waals surface area contributed by atoms with E-state index in [0.29, 0.717) is 0 Å². The molecule has 0 radical (unpaired) electrons. The molecule has 4 rings (SSSR count). The molecule has 1 aliphatic heterocycles. The van der Waals surface area contributed by atoms with Crippen molar-refractivity contribution >= 4 is 26.8 Å². The lowest BCUT2D eigenvalue weighted by Crippen LogP contribution is -2.38. The Morgan fingerprint density at radius 1 is 0.960 bits per heavy atom. The second-order valence-electron chi connectivity index (χ2n) is 6.02. The van der Waals surface area contributed by atoms with Gasteiger partial charge in [-0.2, -0.15) is 0 Å². The van der Waals surface area contributed by atoms with Gasteiger partial charge >= 0.3 is 0 Å². The number of hydrogen-bond acceptors (Lipinski definition) is 4. The second-order valence-corrected chi connectivity index (χ2v) is 7.85. The molecule has 1 N–H and O–H groups in total. The third-order valence-electron chi connectivity index (χ3n) is 4.38. The van der Waals surface area contributed by atoms with Gasteiger partial charge in [0.2, 0.25) is 0 Å². The number of carbonyl (C=O) groups excluding carboxylic acids is 1. The number of aliphatic hydroxyl groups is 1. The van der Waals surface area contributed by atoms with Gasteiger partial charge in [0, 0.05) is 11.7 Å². The average Bonchev–Trinajstić information content (AvgIpc) is 3.09. The molecule has 2 aromatic carbocycles. The van der Waals surface area contributed by atoms with Crippen molar-refractivity contribution in [2.75, 3.05) is 6.54 Å². The van der Waals surface area contributed by atoms with Crippen molar-refractivity contribution in [1.82, 2.24) is 8.87 Å². The van der Waals surface area contributed by atoms with Crippen LogP contribution >= 0.6 is 0 Å². The maximum atomic E-state index is 12.5. The van der Waals surface area contributed by atoms with Crippen LogP contribution in [0.25, 0.3) is 10.9 Å². The van der Waals surface area contributed by atoms with Gasteiger partial charge in [-0.25, -0.2) is 12.7 Å². The molecule has 7 heteroatoms. The van der Waals surface area contributed by atoms with Gasteiger partial charge in [0.15, 0.2) is 0 Å². The molecule has 0 spiro atoms. The minimum atomic E-state index is -3.90. The minimum Gasteiger partial charge on any atom is -0.389 e. The van der Waals surface area contributed by atoms with E-state index in [1.165, 1.54) is 12.1 Å². The Kier molecular flexibility index (Phi) is 3.63. The molecular weight excluding hydrogens is 340 g/mol. The number of amides is 1. The molecule has 1 aliphatic rings. The highest BCUT2D eigenvalue weighted by atomic mass is 32.2. The van der Waals surface area contributed by atoms with Gasteiger partial charge in [0.1, 0.15) is 4.90 Å².